The summed E-state index contributed by atoms with van der Waals surface area (Å²) in [6.07, 6.45) is 0. The standard InChI is InChI=1S/C17H13ClN2O4/c1-24-11-5-3-10(4-6-11)19-16(22)14-15(21)12-8-9(18)2-7-13(12)20-17(14)23/h2-8H,1H3,(H,19,22)(H2,20,21,23). The van der Waals surface area contributed by atoms with E-state index in [1.807, 2.05) is 0 Å². The lowest BCUT2D eigenvalue weighted by Gasteiger charge is -2.09. The van der Waals surface area contributed by atoms with Gasteiger partial charge >= 0.3 is 0 Å². The van der Waals surface area contributed by atoms with Gasteiger partial charge < -0.3 is 20.1 Å². The van der Waals surface area contributed by atoms with Crippen LogP contribution in [0.2, 0.25) is 5.02 Å². The van der Waals surface area contributed by atoms with E-state index in [0.717, 1.165) is 0 Å². The number of hydrogen-bond donors (Lipinski definition) is 3. The molecule has 0 bridgehead atoms. The van der Waals surface area contributed by atoms with Crippen LogP contribution in [0.4, 0.5) is 5.69 Å². The highest BCUT2D eigenvalue weighted by Gasteiger charge is 2.19. The zero-order valence-corrected chi connectivity index (χ0v) is 13.3. The number of ether oxygens (including phenoxy) is 1. The molecule has 3 aromatic rings. The molecule has 0 saturated heterocycles. The van der Waals surface area contributed by atoms with Crippen LogP contribution in [0, 0.1) is 0 Å². The Hall–Kier alpha value is -2.99. The molecule has 0 fully saturated rings. The summed E-state index contributed by atoms with van der Waals surface area (Å²) in [5.41, 5.74) is -0.206. The van der Waals surface area contributed by atoms with Crippen molar-refractivity contribution < 1.29 is 14.6 Å². The van der Waals surface area contributed by atoms with E-state index in [-0.39, 0.29) is 5.56 Å². The van der Waals surface area contributed by atoms with Crippen molar-refractivity contribution in [1.82, 2.24) is 4.98 Å². The molecule has 24 heavy (non-hydrogen) atoms. The van der Waals surface area contributed by atoms with Crippen molar-refractivity contribution in [2.24, 2.45) is 0 Å². The Morgan fingerprint density at radius 3 is 2.58 bits per heavy atom. The second-order valence-electron chi connectivity index (χ2n) is 5.05. The van der Waals surface area contributed by atoms with Gasteiger partial charge in [0.05, 0.1) is 12.6 Å². The Morgan fingerprint density at radius 2 is 1.92 bits per heavy atom. The molecule has 7 heteroatoms. The largest absolute Gasteiger partial charge is 0.506 e. The zero-order valence-electron chi connectivity index (χ0n) is 12.6. The Balaban J connectivity index is 2.01. The topological polar surface area (TPSA) is 91.4 Å². The number of anilines is 1. The van der Waals surface area contributed by atoms with E-state index in [2.05, 4.69) is 10.3 Å². The van der Waals surface area contributed by atoms with Crippen molar-refractivity contribution in [3.05, 3.63) is 63.4 Å². The number of carbonyl (C=O) groups is 1. The van der Waals surface area contributed by atoms with E-state index in [4.69, 9.17) is 16.3 Å². The van der Waals surface area contributed by atoms with Crippen molar-refractivity contribution in [3.63, 3.8) is 0 Å². The molecule has 0 aliphatic heterocycles. The van der Waals surface area contributed by atoms with Gasteiger partial charge in [0.15, 0.2) is 0 Å². The first-order chi connectivity index (χ1) is 11.5. The first-order valence-corrected chi connectivity index (χ1v) is 7.37. The predicted molar refractivity (Wildman–Crippen MR) is 92.2 cm³/mol. The molecule has 0 aliphatic carbocycles. The van der Waals surface area contributed by atoms with Gasteiger partial charge in [-0.3, -0.25) is 9.59 Å². The number of rotatable bonds is 3. The lowest BCUT2D eigenvalue weighted by molar-refractivity contribution is 0.102. The number of nitrogens with one attached hydrogen (secondary N) is 2. The minimum Gasteiger partial charge on any atom is -0.506 e. The van der Waals surface area contributed by atoms with E-state index >= 15 is 0 Å². The molecule has 0 saturated carbocycles. The summed E-state index contributed by atoms with van der Waals surface area (Å²) in [5.74, 6) is -0.503. The third kappa shape index (κ3) is 2.91. The summed E-state index contributed by atoms with van der Waals surface area (Å²) >= 11 is 5.91. The maximum absolute atomic E-state index is 12.4. The Labute approximate surface area is 141 Å². The molecule has 3 rings (SSSR count). The quantitative estimate of drug-likeness (QED) is 0.680. The van der Waals surface area contributed by atoms with Gasteiger partial charge in [0.1, 0.15) is 17.1 Å². The molecule has 2 aromatic carbocycles. The van der Waals surface area contributed by atoms with Crippen LogP contribution >= 0.6 is 11.6 Å². The Bertz CT molecular complexity index is 980. The monoisotopic (exact) mass is 344 g/mol. The molecule has 0 spiro atoms. The van der Waals surface area contributed by atoms with Crippen molar-refractivity contribution in [2.75, 3.05) is 12.4 Å². The van der Waals surface area contributed by atoms with E-state index in [9.17, 15) is 14.7 Å². The van der Waals surface area contributed by atoms with Crippen molar-refractivity contribution in [3.8, 4) is 11.5 Å². The Kier molecular flexibility index (Phi) is 4.14. The first-order valence-electron chi connectivity index (χ1n) is 6.99. The molecule has 0 aliphatic rings. The Morgan fingerprint density at radius 1 is 1.21 bits per heavy atom. The number of methoxy groups -OCH3 is 1. The molecule has 122 valence electrons. The normalized spacial score (nSPS) is 10.6. The van der Waals surface area contributed by atoms with Crippen LogP contribution in [0.15, 0.2) is 47.3 Å². The SMILES string of the molecule is COc1ccc(NC(=O)c2c(O)c3cc(Cl)ccc3[nH]c2=O)cc1. The van der Waals surface area contributed by atoms with Gasteiger partial charge in [-0.15, -0.1) is 0 Å². The fourth-order valence-electron chi connectivity index (χ4n) is 2.33. The van der Waals surface area contributed by atoms with E-state index in [0.29, 0.717) is 27.4 Å². The van der Waals surface area contributed by atoms with Gasteiger partial charge in [-0.05, 0) is 42.5 Å². The second-order valence-corrected chi connectivity index (χ2v) is 5.49. The summed E-state index contributed by atoms with van der Waals surface area (Å²) in [7, 11) is 1.53. The highest BCUT2D eigenvalue weighted by atomic mass is 35.5. The van der Waals surface area contributed by atoms with E-state index in [1.165, 1.54) is 13.2 Å². The van der Waals surface area contributed by atoms with Gasteiger partial charge in [0.25, 0.3) is 11.5 Å². The molecule has 0 radical (unpaired) electrons. The molecule has 0 atom stereocenters. The van der Waals surface area contributed by atoms with Crippen molar-refractivity contribution in [1.29, 1.82) is 0 Å². The predicted octanol–water partition coefficient (Wildman–Crippen LogP) is 3.15. The summed E-state index contributed by atoms with van der Waals surface area (Å²) in [6.45, 7) is 0. The first kappa shape index (κ1) is 15.9. The van der Waals surface area contributed by atoms with E-state index < -0.39 is 17.2 Å². The summed E-state index contributed by atoms with van der Waals surface area (Å²) in [6, 6.07) is 11.2. The number of aromatic nitrogens is 1. The van der Waals surface area contributed by atoms with Crippen LogP contribution in [-0.4, -0.2) is 23.1 Å². The van der Waals surface area contributed by atoms with Crippen LogP contribution < -0.4 is 15.6 Å². The number of pyridine rings is 1. The van der Waals surface area contributed by atoms with Gasteiger partial charge in [0.2, 0.25) is 0 Å². The molecule has 0 unspecified atom stereocenters. The third-order valence-corrected chi connectivity index (χ3v) is 3.76. The van der Waals surface area contributed by atoms with Crippen LogP contribution in [0.25, 0.3) is 10.9 Å². The third-order valence-electron chi connectivity index (χ3n) is 3.52. The molecular formula is C17H13ClN2O4. The highest BCUT2D eigenvalue weighted by molar-refractivity contribution is 6.31. The molecule has 1 amide bonds. The number of carbonyl (C=O) groups excluding carboxylic acids is 1. The average molecular weight is 345 g/mol. The van der Waals surface area contributed by atoms with Gasteiger partial charge in [0, 0.05) is 16.1 Å². The van der Waals surface area contributed by atoms with Gasteiger partial charge in [-0.1, -0.05) is 11.6 Å². The molecule has 3 N–H and O–H groups in total. The van der Waals surface area contributed by atoms with Crippen LogP contribution in [0.3, 0.4) is 0 Å². The van der Waals surface area contributed by atoms with Crippen LogP contribution in [-0.2, 0) is 0 Å². The van der Waals surface area contributed by atoms with Crippen molar-refractivity contribution >= 4 is 34.1 Å². The zero-order chi connectivity index (χ0) is 17.3. The van der Waals surface area contributed by atoms with Gasteiger partial charge in [-0.2, -0.15) is 0 Å². The highest BCUT2D eigenvalue weighted by Crippen LogP contribution is 2.28. The number of hydrogen-bond acceptors (Lipinski definition) is 4. The second kappa shape index (κ2) is 6.25. The van der Waals surface area contributed by atoms with E-state index in [1.54, 1.807) is 36.4 Å². The number of aromatic amines is 1. The van der Waals surface area contributed by atoms with Crippen molar-refractivity contribution in [2.45, 2.75) is 0 Å². The maximum atomic E-state index is 12.4. The number of amides is 1. The number of H-pyrrole nitrogens is 1. The summed E-state index contributed by atoms with van der Waals surface area (Å²) < 4.78 is 5.04. The minimum absolute atomic E-state index is 0.294. The lowest BCUT2D eigenvalue weighted by Crippen LogP contribution is -2.23. The van der Waals surface area contributed by atoms with Crippen LogP contribution in [0.5, 0.6) is 11.5 Å². The fourth-order valence-corrected chi connectivity index (χ4v) is 2.50. The average Bonchev–Trinajstić information content (AvgIpc) is 2.56. The number of aromatic hydroxyl groups is 1. The molecule has 1 aromatic heterocycles. The summed E-state index contributed by atoms with van der Waals surface area (Å²) in [4.78, 5) is 27.1. The van der Waals surface area contributed by atoms with Gasteiger partial charge in [-0.25, -0.2) is 0 Å². The lowest BCUT2D eigenvalue weighted by atomic mass is 10.1. The van der Waals surface area contributed by atoms with Crippen LogP contribution in [0.1, 0.15) is 10.4 Å². The molecule has 6 nitrogen and oxygen atoms in total. The number of fused-ring (bicyclic) bond motifs is 1. The number of benzene rings is 2. The smallest absolute Gasteiger partial charge is 0.265 e. The molecule has 1 heterocycles. The fraction of sp³-hybridized carbons (Fsp3) is 0.0588. The molecular weight excluding hydrogens is 332 g/mol. The summed E-state index contributed by atoms with van der Waals surface area (Å²) in [5, 5.41) is 13.6. The number of halogens is 1. The minimum atomic E-state index is -0.721. The maximum Gasteiger partial charge on any atom is 0.265 e.